The van der Waals surface area contributed by atoms with E-state index in [0.717, 1.165) is 24.7 Å². The topological polar surface area (TPSA) is 81.4 Å². The second-order valence-electron chi connectivity index (χ2n) is 4.30. The molecular weight excluding hydrogens is 324 g/mol. The summed E-state index contributed by atoms with van der Waals surface area (Å²) in [7, 11) is 0. The molecule has 23 heavy (non-hydrogen) atoms. The summed E-state index contributed by atoms with van der Waals surface area (Å²) in [6.07, 6.45) is -2.99. The average molecular weight is 332 g/mol. The fourth-order valence-corrected chi connectivity index (χ4v) is 1.69. The molecule has 1 aromatic carbocycles. The number of carboxylic acid groups (broad SMARTS) is 1. The molecule has 0 unspecified atom stereocenters. The summed E-state index contributed by atoms with van der Waals surface area (Å²) >= 11 is 0. The number of carbonyl (C=O) groups is 1. The van der Waals surface area contributed by atoms with Crippen LogP contribution in [0.3, 0.4) is 0 Å². The second kappa shape index (κ2) is 6.07. The molecule has 0 spiro atoms. The third-order valence-electron chi connectivity index (χ3n) is 2.64. The standard InChI is InChI=1S/C13H8F4N2O4/c14-7-1-2-9(10(3-7)23-5-13(15,16)17)19-6-18-4-8(11(19)20)12(21)22/h1-4,6H,5H2,(H,21,22). The maximum atomic E-state index is 13.2. The summed E-state index contributed by atoms with van der Waals surface area (Å²) in [5, 5.41) is 8.87. The highest BCUT2D eigenvalue weighted by atomic mass is 19.4. The first-order chi connectivity index (χ1) is 10.7. The summed E-state index contributed by atoms with van der Waals surface area (Å²) in [5.41, 5.74) is -2.01. The Morgan fingerprint density at radius 3 is 2.65 bits per heavy atom. The molecule has 0 aliphatic heterocycles. The molecule has 0 atom stereocenters. The van der Waals surface area contributed by atoms with E-state index in [-0.39, 0.29) is 5.69 Å². The third-order valence-corrected chi connectivity index (χ3v) is 2.64. The minimum Gasteiger partial charge on any atom is -0.482 e. The van der Waals surface area contributed by atoms with Gasteiger partial charge in [-0.2, -0.15) is 13.2 Å². The molecule has 2 rings (SSSR count). The molecule has 6 nitrogen and oxygen atoms in total. The van der Waals surface area contributed by atoms with Gasteiger partial charge in [0.25, 0.3) is 5.56 Å². The van der Waals surface area contributed by atoms with Crippen LogP contribution in [-0.2, 0) is 0 Å². The van der Waals surface area contributed by atoms with E-state index < -0.39 is 41.4 Å². The summed E-state index contributed by atoms with van der Waals surface area (Å²) in [4.78, 5) is 26.5. The first-order valence-corrected chi connectivity index (χ1v) is 5.98. The molecule has 0 aliphatic carbocycles. The quantitative estimate of drug-likeness (QED) is 0.866. The van der Waals surface area contributed by atoms with E-state index in [1.54, 1.807) is 0 Å². The number of rotatable bonds is 4. The molecule has 2 aromatic rings. The van der Waals surface area contributed by atoms with Crippen LogP contribution in [0.4, 0.5) is 17.6 Å². The van der Waals surface area contributed by atoms with Gasteiger partial charge in [0.2, 0.25) is 0 Å². The van der Waals surface area contributed by atoms with Crippen molar-refractivity contribution in [2.24, 2.45) is 0 Å². The number of carboxylic acids is 1. The largest absolute Gasteiger partial charge is 0.482 e. The zero-order chi connectivity index (χ0) is 17.2. The first kappa shape index (κ1) is 16.5. The van der Waals surface area contributed by atoms with Crippen LogP contribution >= 0.6 is 0 Å². The third kappa shape index (κ3) is 3.84. The predicted octanol–water partition coefficient (Wildman–Crippen LogP) is 2.01. The Balaban J connectivity index is 2.54. The number of halogens is 4. The van der Waals surface area contributed by atoms with Crippen LogP contribution in [0, 0.1) is 5.82 Å². The van der Waals surface area contributed by atoms with Crippen molar-refractivity contribution in [1.82, 2.24) is 9.55 Å². The van der Waals surface area contributed by atoms with Gasteiger partial charge in [0.15, 0.2) is 6.61 Å². The highest BCUT2D eigenvalue weighted by molar-refractivity contribution is 5.86. The maximum Gasteiger partial charge on any atom is 0.422 e. The van der Waals surface area contributed by atoms with Crippen molar-refractivity contribution in [3.05, 3.63) is 52.5 Å². The Hall–Kier alpha value is -2.91. The molecule has 1 N–H and O–H groups in total. The number of benzene rings is 1. The summed E-state index contributed by atoms with van der Waals surface area (Å²) in [6, 6.07) is 2.52. The van der Waals surface area contributed by atoms with E-state index in [0.29, 0.717) is 10.6 Å². The Morgan fingerprint density at radius 1 is 1.35 bits per heavy atom. The Morgan fingerprint density at radius 2 is 2.04 bits per heavy atom. The fraction of sp³-hybridized carbons (Fsp3) is 0.154. The lowest BCUT2D eigenvalue weighted by molar-refractivity contribution is -0.153. The zero-order valence-electron chi connectivity index (χ0n) is 11.2. The molecular formula is C13H8F4N2O4. The highest BCUT2D eigenvalue weighted by Crippen LogP contribution is 2.25. The second-order valence-corrected chi connectivity index (χ2v) is 4.30. The minimum atomic E-state index is -4.67. The molecule has 1 aromatic heterocycles. The van der Waals surface area contributed by atoms with Gasteiger partial charge in [-0.15, -0.1) is 0 Å². The summed E-state index contributed by atoms with van der Waals surface area (Å²) in [6.45, 7) is -1.70. The van der Waals surface area contributed by atoms with Crippen LogP contribution in [-0.4, -0.2) is 33.4 Å². The van der Waals surface area contributed by atoms with Gasteiger partial charge in [-0.3, -0.25) is 9.36 Å². The van der Waals surface area contributed by atoms with Crippen molar-refractivity contribution in [2.45, 2.75) is 6.18 Å². The van der Waals surface area contributed by atoms with E-state index >= 15 is 0 Å². The maximum absolute atomic E-state index is 13.2. The summed E-state index contributed by atoms with van der Waals surface area (Å²) in [5.74, 6) is -3.02. The monoisotopic (exact) mass is 332 g/mol. The highest BCUT2D eigenvalue weighted by Gasteiger charge is 2.29. The lowest BCUT2D eigenvalue weighted by atomic mass is 10.2. The van der Waals surface area contributed by atoms with Crippen LogP contribution in [0.1, 0.15) is 10.4 Å². The molecule has 1 heterocycles. The molecule has 122 valence electrons. The van der Waals surface area contributed by atoms with Gasteiger partial charge < -0.3 is 9.84 Å². The normalized spacial score (nSPS) is 11.3. The van der Waals surface area contributed by atoms with Gasteiger partial charge in [-0.1, -0.05) is 0 Å². The Bertz CT molecular complexity index is 801. The number of hydrogen-bond acceptors (Lipinski definition) is 4. The van der Waals surface area contributed by atoms with Crippen molar-refractivity contribution in [3.63, 3.8) is 0 Å². The van der Waals surface area contributed by atoms with E-state index in [1.165, 1.54) is 0 Å². The van der Waals surface area contributed by atoms with E-state index in [4.69, 9.17) is 5.11 Å². The Labute approximate surface area is 125 Å². The number of hydrogen-bond donors (Lipinski definition) is 1. The van der Waals surface area contributed by atoms with Crippen molar-refractivity contribution in [3.8, 4) is 11.4 Å². The van der Waals surface area contributed by atoms with Crippen molar-refractivity contribution < 1.29 is 32.2 Å². The lowest BCUT2D eigenvalue weighted by Gasteiger charge is -2.14. The SMILES string of the molecule is O=C(O)c1cncn(-c2ccc(F)cc2OCC(F)(F)F)c1=O. The van der Waals surface area contributed by atoms with Crippen molar-refractivity contribution >= 4 is 5.97 Å². The van der Waals surface area contributed by atoms with Crippen LogP contribution < -0.4 is 10.3 Å². The van der Waals surface area contributed by atoms with E-state index in [9.17, 15) is 27.2 Å². The van der Waals surface area contributed by atoms with Gasteiger partial charge in [0.05, 0.1) is 5.69 Å². The molecule has 10 heteroatoms. The first-order valence-electron chi connectivity index (χ1n) is 5.98. The Kier molecular flexibility index (Phi) is 4.34. The number of aromatic carboxylic acids is 1. The smallest absolute Gasteiger partial charge is 0.422 e. The molecule has 0 bridgehead atoms. The van der Waals surface area contributed by atoms with E-state index in [2.05, 4.69) is 9.72 Å². The van der Waals surface area contributed by atoms with Gasteiger partial charge in [0, 0.05) is 12.3 Å². The predicted molar refractivity (Wildman–Crippen MR) is 68.3 cm³/mol. The number of ether oxygens (including phenoxy) is 1. The molecule has 0 saturated heterocycles. The van der Waals surface area contributed by atoms with Gasteiger partial charge in [-0.25, -0.2) is 14.2 Å². The van der Waals surface area contributed by atoms with Crippen LogP contribution in [0.2, 0.25) is 0 Å². The van der Waals surface area contributed by atoms with Gasteiger partial charge >= 0.3 is 12.1 Å². The number of nitrogens with zero attached hydrogens (tertiary/aromatic N) is 2. The zero-order valence-corrected chi connectivity index (χ0v) is 11.2. The molecule has 0 amide bonds. The minimum absolute atomic E-state index is 0.267. The average Bonchev–Trinajstić information content (AvgIpc) is 2.45. The van der Waals surface area contributed by atoms with Crippen LogP contribution in [0.25, 0.3) is 5.69 Å². The van der Waals surface area contributed by atoms with Crippen LogP contribution in [0.15, 0.2) is 35.5 Å². The summed E-state index contributed by atoms with van der Waals surface area (Å²) < 4.78 is 55.1. The molecule has 0 radical (unpaired) electrons. The van der Waals surface area contributed by atoms with Crippen molar-refractivity contribution in [1.29, 1.82) is 0 Å². The number of aromatic nitrogens is 2. The van der Waals surface area contributed by atoms with E-state index in [1.807, 2.05) is 0 Å². The fourth-order valence-electron chi connectivity index (χ4n) is 1.69. The molecule has 0 saturated carbocycles. The molecule has 0 aliphatic rings. The van der Waals surface area contributed by atoms with Crippen molar-refractivity contribution in [2.75, 3.05) is 6.61 Å². The lowest BCUT2D eigenvalue weighted by Crippen LogP contribution is -2.26. The van der Waals surface area contributed by atoms with Gasteiger partial charge in [-0.05, 0) is 12.1 Å². The van der Waals surface area contributed by atoms with Gasteiger partial charge in [0.1, 0.15) is 23.5 Å². The van der Waals surface area contributed by atoms with Crippen LogP contribution in [0.5, 0.6) is 5.75 Å². The molecule has 0 fully saturated rings. The number of alkyl halides is 3.